The molecule has 0 saturated carbocycles. The van der Waals surface area contributed by atoms with Crippen LogP contribution in [0.1, 0.15) is 13.3 Å². The molecule has 0 aromatic heterocycles. The number of hydrogen-bond donors (Lipinski definition) is 0. The highest BCUT2D eigenvalue weighted by Crippen LogP contribution is 2.12. The third-order valence-electron chi connectivity index (χ3n) is 1.24. The molecule has 0 aliphatic heterocycles. The van der Waals surface area contributed by atoms with Gasteiger partial charge < -0.3 is 0 Å². The minimum Gasteiger partial charge on any atom is -0.0844 e. The van der Waals surface area contributed by atoms with Crippen LogP contribution in [-0.4, -0.2) is 0 Å². The highest BCUT2D eigenvalue weighted by Gasteiger charge is 1.89. The van der Waals surface area contributed by atoms with E-state index in [0.29, 0.717) is 0 Å². The molecule has 0 radical (unpaired) electrons. The minimum atomic E-state index is 0.812. The molecule has 0 fully saturated rings. The highest BCUT2D eigenvalue weighted by atomic mass is 35.5. The molecule has 0 amide bonds. The molecule has 0 bridgehead atoms. The fourth-order valence-corrected chi connectivity index (χ4v) is 0.855. The molecule has 0 nitrogen and oxygen atoms in total. The average molecular weight is 141 g/mol. The van der Waals surface area contributed by atoms with E-state index in [4.69, 9.17) is 11.6 Å². The Bertz CT molecular complexity index is 185. The summed E-state index contributed by atoms with van der Waals surface area (Å²) in [4.78, 5) is 0. The number of rotatable bonds is 0. The largest absolute Gasteiger partial charge is 0.0844 e. The lowest BCUT2D eigenvalue weighted by Crippen LogP contribution is -1.66. The van der Waals surface area contributed by atoms with Gasteiger partial charge in [-0.25, -0.2) is 0 Å². The van der Waals surface area contributed by atoms with Gasteiger partial charge >= 0.3 is 0 Å². The van der Waals surface area contributed by atoms with Crippen LogP contribution >= 0.6 is 11.6 Å². The SMILES string of the molecule is CC1=CC=C(Cl)C=CC1. The van der Waals surface area contributed by atoms with Crippen molar-refractivity contribution in [2.75, 3.05) is 0 Å². The molecule has 1 rings (SSSR count). The summed E-state index contributed by atoms with van der Waals surface area (Å²) < 4.78 is 0. The van der Waals surface area contributed by atoms with Crippen LogP contribution in [0, 0.1) is 0 Å². The first-order valence-corrected chi connectivity index (χ1v) is 3.36. The third kappa shape index (κ3) is 2.06. The van der Waals surface area contributed by atoms with E-state index < -0.39 is 0 Å². The summed E-state index contributed by atoms with van der Waals surface area (Å²) in [5.41, 5.74) is 1.35. The van der Waals surface area contributed by atoms with E-state index in [2.05, 4.69) is 13.0 Å². The van der Waals surface area contributed by atoms with Gasteiger partial charge in [-0.15, -0.1) is 0 Å². The van der Waals surface area contributed by atoms with Crippen molar-refractivity contribution in [2.45, 2.75) is 13.3 Å². The first kappa shape index (κ1) is 6.63. The van der Waals surface area contributed by atoms with Gasteiger partial charge in [-0.1, -0.05) is 29.3 Å². The Morgan fingerprint density at radius 1 is 1.44 bits per heavy atom. The van der Waals surface area contributed by atoms with E-state index >= 15 is 0 Å². The van der Waals surface area contributed by atoms with Gasteiger partial charge in [0.2, 0.25) is 0 Å². The van der Waals surface area contributed by atoms with Crippen LogP contribution in [-0.2, 0) is 0 Å². The Kier molecular flexibility index (Phi) is 2.12. The monoisotopic (exact) mass is 140 g/mol. The standard InChI is InChI=1S/C8H9Cl/c1-7-3-2-4-8(9)6-5-7/h2,4-6H,3H2,1H3. The van der Waals surface area contributed by atoms with Crippen molar-refractivity contribution >= 4 is 11.6 Å². The molecule has 0 spiro atoms. The zero-order chi connectivity index (χ0) is 6.69. The summed E-state index contributed by atoms with van der Waals surface area (Å²) >= 11 is 5.72. The predicted octanol–water partition coefficient (Wildman–Crippen LogP) is 3.02. The van der Waals surface area contributed by atoms with E-state index in [1.807, 2.05) is 18.2 Å². The molecule has 0 unspecified atom stereocenters. The zero-order valence-electron chi connectivity index (χ0n) is 5.39. The van der Waals surface area contributed by atoms with E-state index in [0.717, 1.165) is 11.5 Å². The minimum absolute atomic E-state index is 0.812. The maximum absolute atomic E-state index is 5.72. The molecule has 0 N–H and O–H groups in total. The van der Waals surface area contributed by atoms with Crippen molar-refractivity contribution in [1.82, 2.24) is 0 Å². The third-order valence-corrected chi connectivity index (χ3v) is 1.50. The maximum atomic E-state index is 5.72. The molecule has 9 heavy (non-hydrogen) atoms. The van der Waals surface area contributed by atoms with Crippen LogP contribution in [0.5, 0.6) is 0 Å². The first-order valence-electron chi connectivity index (χ1n) is 2.98. The van der Waals surface area contributed by atoms with Gasteiger partial charge in [0.05, 0.1) is 0 Å². The first-order chi connectivity index (χ1) is 4.29. The zero-order valence-corrected chi connectivity index (χ0v) is 6.15. The Labute approximate surface area is 60.5 Å². The summed E-state index contributed by atoms with van der Waals surface area (Å²) in [7, 11) is 0. The van der Waals surface area contributed by atoms with Gasteiger partial charge in [-0.05, 0) is 25.5 Å². The van der Waals surface area contributed by atoms with Gasteiger partial charge in [-0.2, -0.15) is 0 Å². The summed E-state index contributed by atoms with van der Waals surface area (Å²) in [6, 6.07) is 0. The molecule has 1 heteroatoms. The second-order valence-corrected chi connectivity index (χ2v) is 2.61. The second kappa shape index (κ2) is 2.88. The Morgan fingerprint density at radius 3 is 3.00 bits per heavy atom. The van der Waals surface area contributed by atoms with Gasteiger partial charge in [0, 0.05) is 5.03 Å². The van der Waals surface area contributed by atoms with Crippen molar-refractivity contribution in [2.24, 2.45) is 0 Å². The van der Waals surface area contributed by atoms with Crippen LogP contribution < -0.4 is 0 Å². The summed E-state index contributed by atoms with van der Waals surface area (Å²) in [5.74, 6) is 0. The molecule has 0 atom stereocenters. The van der Waals surface area contributed by atoms with Gasteiger partial charge in [0.1, 0.15) is 0 Å². The lowest BCUT2D eigenvalue weighted by Gasteiger charge is -1.86. The molecule has 0 heterocycles. The maximum Gasteiger partial charge on any atom is 0.0402 e. The molecular weight excluding hydrogens is 132 g/mol. The van der Waals surface area contributed by atoms with Gasteiger partial charge in [-0.3, -0.25) is 0 Å². The van der Waals surface area contributed by atoms with E-state index in [-0.39, 0.29) is 0 Å². The normalized spacial score (nSPS) is 18.4. The molecule has 1 aliphatic carbocycles. The van der Waals surface area contributed by atoms with Gasteiger partial charge in [0.15, 0.2) is 0 Å². The molecule has 0 saturated heterocycles. The molecule has 48 valence electrons. The van der Waals surface area contributed by atoms with Crippen LogP contribution in [0.15, 0.2) is 34.9 Å². The quantitative estimate of drug-likeness (QED) is 0.485. The van der Waals surface area contributed by atoms with Crippen molar-refractivity contribution in [3.63, 3.8) is 0 Å². The summed E-state index contributed by atoms with van der Waals surface area (Å²) in [6.45, 7) is 2.09. The van der Waals surface area contributed by atoms with Crippen LogP contribution in [0.3, 0.4) is 0 Å². The Hall–Kier alpha value is -0.490. The smallest absolute Gasteiger partial charge is 0.0402 e. The molecule has 0 aromatic carbocycles. The van der Waals surface area contributed by atoms with Crippen molar-refractivity contribution in [3.8, 4) is 0 Å². The van der Waals surface area contributed by atoms with Gasteiger partial charge in [0.25, 0.3) is 0 Å². The van der Waals surface area contributed by atoms with E-state index in [1.165, 1.54) is 5.57 Å². The lowest BCUT2D eigenvalue weighted by molar-refractivity contribution is 1.22. The van der Waals surface area contributed by atoms with Crippen molar-refractivity contribution < 1.29 is 0 Å². The van der Waals surface area contributed by atoms with E-state index in [1.54, 1.807) is 0 Å². The number of hydrogen-bond acceptors (Lipinski definition) is 0. The Balaban J connectivity index is 2.80. The predicted molar refractivity (Wildman–Crippen MR) is 41.5 cm³/mol. The Morgan fingerprint density at radius 2 is 2.22 bits per heavy atom. The molecule has 1 aliphatic rings. The van der Waals surface area contributed by atoms with Crippen molar-refractivity contribution in [3.05, 3.63) is 34.9 Å². The second-order valence-electron chi connectivity index (χ2n) is 2.17. The topological polar surface area (TPSA) is 0 Å². The number of halogens is 1. The summed E-state index contributed by atoms with van der Waals surface area (Å²) in [5, 5.41) is 0.812. The molecular formula is C8H9Cl. The lowest BCUT2D eigenvalue weighted by atomic mass is 10.2. The highest BCUT2D eigenvalue weighted by molar-refractivity contribution is 6.31. The summed E-state index contributed by atoms with van der Waals surface area (Å²) in [6.07, 6.45) is 8.97. The van der Waals surface area contributed by atoms with E-state index in [9.17, 15) is 0 Å². The van der Waals surface area contributed by atoms with Crippen molar-refractivity contribution in [1.29, 1.82) is 0 Å². The van der Waals surface area contributed by atoms with Crippen LogP contribution in [0.2, 0.25) is 0 Å². The average Bonchev–Trinajstić information content (AvgIpc) is 1.97. The number of allylic oxidation sites excluding steroid dienone is 6. The molecule has 0 aromatic rings. The van der Waals surface area contributed by atoms with Crippen LogP contribution in [0.25, 0.3) is 0 Å². The fourth-order valence-electron chi connectivity index (χ4n) is 0.703. The van der Waals surface area contributed by atoms with Crippen LogP contribution in [0.4, 0.5) is 0 Å². The fraction of sp³-hybridized carbons (Fsp3) is 0.250.